The number of allylic oxidation sites excluding steroid dienone is 5. The first-order valence-electron chi connectivity index (χ1n) is 7.18. The van der Waals surface area contributed by atoms with Crippen LogP contribution in [0.25, 0.3) is 5.57 Å². The molecule has 1 aromatic rings. The van der Waals surface area contributed by atoms with E-state index in [9.17, 15) is 0 Å². The van der Waals surface area contributed by atoms with Gasteiger partial charge in [-0.15, -0.1) is 0 Å². The lowest BCUT2D eigenvalue weighted by Gasteiger charge is -2.08. The summed E-state index contributed by atoms with van der Waals surface area (Å²) in [5.74, 6) is 0. The summed E-state index contributed by atoms with van der Waals surface area (Å²) in [6.07, 6.45) is 7.42. The van der Waals surface area contributed by atoms with E-state index in [1.54, 1.807) is 0 Å². The minimum atomic E-state index is 1.08. The number of rotatable bonds is 4. The molecule has 0 saturated carbocycles. The maximum atomic E-state index is 3.95. The van der Waals surface area contributed by atoms with Gasteiger partial charge in [0.25, 0.3) is 0 Å². The normalized spacial score (nSPS) is 11.2. The van der Waals surface area contributed by atoms with E-state index in [2.05, 4.69) is 56.9 Å². The van der Waals surface area contributed by atoms with Gasteiger partial charge in [0.2, 0.25) is 0 Å². The molecular weight excluding hydrogens is 228 g/mol. The lowest BCUT2D eigenvalue weighted by Crippen LogP contribution is -1.90. The summed E-state index contributed by atoms with van der Waals surface area (Å²) in [6, 6.07) is 6.66. The molecule has 0 aliphatic carbocycles. The van der Waals surface area contributed by atoms with Crippen molar-refractivity contribution < 1.29 is 0 Å². The summed E-state index contributed by atoms with van der Waals surface area (Å²) >= 11 is 0. The highest BCUT2D eigenvalue weighted by Crippen LogP contribution is 2.21. The van der Waals surface area contributed by atoms with E-state index in [1.807, 2.05) is 27.7 Å². The SMILES string of the molecule is C=C(C)/C=C(\C=C/C)c1ccc(C)c(CC)c1.CC. The number of hydrogen-bond acceptors (Lipinski definition) is 0. The largest absolute Gasteiger partial charge is 0.0961 e. The Kier molecular flexibility index (Phi) is 8.61. The summed E-state index contributed by atoms with van der Waals surface area (Å²) in [7, 11) is 0. The van der Waals surface area contributed by atoms with Gasteiger partial charge in [-0.1, -0.05) is 69.4 Å². The molecule has 104 valence electrons. The van der Waals surface area contributed by atoms with Crippen molar-refractivity contribution in [2.45, 2.75) is 48.0 Å². The van der Waals surface area contributed by atoms with Gasteiger partial charge in [0.05, 0.1) is 0 Å². The summed E-state index contributed by atoms with van der Waals surface area (Å²) < 4.78 is 0. The van der Waals surface area contributed by atoms with E-state index < -0.39 is 0 Å². The first-order chi connectivity index (χ1) is 9.08. The van der Waals surface area contributed by atoms with Crippen LogP contribution in [0, 0.1) is 6.92 Å². The van der Waals surface area contributed by atoms with E-state index in [-0.39, 0.29) is 0 Å². The molecule has 0 spiro atoms. The zero-order chi connectivity index (χ0) is 14.8. The average molecular weight is 256 g/mol. The molecule has 0 nitrogen and oxygen atoms in total. The second kappa shape index (κ2) is 9.38. The zero-order valence-electron chi connectivity index (χ0n) is 13.4. The summed E-state index contributed by atoms with van der Waals surface area (Å²) in [4.78, 5) is 0. The molecule has 0 unspecified atom stereocenters. The van der Waals surface area contributed by atoms with Crippen molar-refractivity contribution in [2.24, 2.45) is 0 Å². The first kappa shape index (κ1) is 17.4. The van der Waals surface area contributed by atoms with E-state index in [0.717, 1.165) is 12.0 Å². The lowest BCUT2D eigenvalue weighted by atomic mass is 9.97. The van der Waals surface area contributed by atoms with Crippen LogP contribution < -0.4 is 0 Å². The fraction of sp³-hybridized carbons (Fsp3) is 0.368. The van der Waals surface area contributed by atoms with E-state index in [1.165, 1.54) is 22.3 Å². The third kappa shape index (κ3) is 5.74. The Morgan fingerprint density at radius 2 is 1.89 bits per heavy atom. The Balaban J connectivity index is 0.00000154. The highest BCUT2D eigenvalue weighted by molar-refractivity contribution is 5.76. The quantitative estimate of drug-likeness (QED) is 0.569. The molecule has 0 heteroatoms. The van der Waals surface area contributed by atoms with Gasteiger partial charge in [-0.25, -0.2) is 0 Å². The molecule has 19 heavy (non-hydrogen) atoms. The Morgan fingerprint density at radius 3 is 2.37 bits per heavy atom. The molecule has 0 aliphatic rings. The van der Waals surface area contributed by atoms with Crippen molar-refractivity contribution >= 4 is 5.57 Å². The van der Waals surface area contributed by atoms with Gasteiger partial charge in [0.15, 0.2) is 0 Å². The highest BCUT2D eigenvalue weighted by atomic mass is 14.1. The minimum absolute atomic E-state index is 1.08. The zero-order valence-corrected chi connectivity index (χ0v) is 13.4. The molecule has 1 rings (SSSR count). The van der Waals surface area contributed by atoms with Crippen LogP contribution >= 0.6 is 0 Å². The Bertz CT molecular complexity index is 459. The van der Waals surface area contributed by atoms with Gasteiger partial charge in [-0.3, -0.25) is 0 Å². The molecule has 0 aromatic heterocycles. The molecule has 0 amide bonds. The fourth-order valence-electron chi connectivity index (χ4n) is 1.90. The molecule has 0 atom stereocenters. The van der Waals surface area contributed by atoms with E-state index in [4.69, 9.17) is 0 Å². The summed E-state index contributed by atoms with van der Waals surface area (Å²) in [5, 5.41) is 0. The second-order valence-corrected chi connectivity index (χ2v) is 4.44. The van der Waals surface area contributed by atoms with Crippen LogP contribution in [0.15, 0.2) is 48.6 Å². The molecule has 0 heterocycles. The maximum Gasteiger partial charge on any atom is -0.0181 e. The molecular formula is C19H28. The monoisotopic (exact) mass is 256 g/mol. The maximum absolute atomic E-state index is 3.95. The number of hydrogen-bond donors (Lipinski definition) is 0. The summed E-state index contributed by atoms with van der Waals surface area (Å²) in [6.45, 7) is 16.4. The van der Waals surface area contributed by atoms with Crippen LogP contribution in [0.4, 0.5) is 0 Å². The van der Waals surface area contributed by atoms with Crippen LogP contribution in [0.1, 0.15) is 51.3 Å². The fourth-order valence-corrected chi connectivity index (χ4v) is 1.90. The molecule has 0 fully saturated rings. The third-order valence-electron chi connectivity index (χ3n) is 2.81. The Hall–Kier alpha value is -1.56. The molecule has 1 aromatic carbocycles. The van der Waals surface area contributed by atoms with Crippen molar-refractivity contribution in [3.63, 3.8) is 0 Å². The van der Waals surface area contributed by atoms with Crippen LogP contribution in [-0.4, -0.2) is 0 Å². The predicted molar refractivity (Wildman–Crippen MR) is 89.5 cm³/mol. The van der Waals surface area contributed by atoms with Crippen LogP contribution in [-0.2, 0) is 6.42 Å². The summed E-state index contributed by atoms with van der Waals surface area (Å²) in [5.41, 5.74) is 6.37. The molecule has 0 radical (unpaired) electrons. The van der Waals surface area contributed by atoms with Gasteiger partial charge >= 0.3 is 0 Å². The van der Waals surface area contributed by atoms with Crippen molar-refractivity contribution in [1.29, 1.82) is 0 Å². The van der Waals surface area contributed by atoms with Crippen LogP contribution in [0.5, 0.6) is 0 Å². The van der Waals surface area contributed by atoms with Gasteiger partial charge in [-0.05, 0) is 49.5 Å². The second-order valence-electron chi connectivity index (χ2n) is 4.44. The molecule has 0 N–H and O–H groups in total. The highest BCUT2D eigenvalue weighted by Gasteiger charge is 2.01. The van der Waals surface area contributed by atoms with Gasteiger partial charge in [-0.2, -0.15) is 0 Å². The van der Waals surface area contributed by atoms with Crippen LogP contribution in [0.3, 0.4) is 0 Å². The topological polar surface area (TPSA) is 0 Å². The van der Waals surface area contributed by atoms with Gasteiger partial charge in [0.1, 0.15) is 0 Å². The smallest absolute Gasteiger partial charge is 0.0181 e. The number of benzene rings is 1. The number of aryl methyl sites for hydroxylation is 2. The van der Waals surface area contributed by atoms with E-state index >= 15 is 0 Å². The minimum Gasteiger partial charge on any atom is -0.0961 e. The Morgan fingerprint density at radius 1 is 1.26 bits per heavy atom. The lowest BCUT2D eigenvalue weighted by molar-refractivity contribution is 1.11. The van der Waals surface area contributed by atoms with Gasteiger partial charge < -0.3 is 0 Å². The van der Waals surface area contributed by atoms with Crippen molar-refractivity contribution in [2.75, 3.05) is 0 Å². The molecule has 0 aliphatic heterocycles. The van der Waals surface area contributed by atoms with Crippen molar-refractivity contribution in [1.82, 2.24) is 0 Å². The predicted octanol–water partition coefficient (Wildman–Crippen LogP) is 6.12. The van der Waals surface area contributed by atoms with Crippen LogP contribution in [0.2, 0.25) is 0 Å². The standard InChI is InChI=1S/C17H22.C2H6/c1-6-8-16(11-13(3)4)17-10-9-14(5)15(7-2)12-17;1-2/h6,8-12H,3,7H2,1-2,4-5H3;1-2H3/b8-6-,16-11+;. The van der Waals surface area contributed by atoms with E-state index in [0.29, 0.717) is 0 Å². The third-order valence-corrected chi connectivity index (χ3v) is 2.81. The van der Waals surface area contributed by atoms with Crippen molar-refractivity contribution in [3.05, 3.63) is 65.3 Å². The molecule has 0 saturated heterocycles. The molecule has 0 bridgehead atoms. The van der Waals surface area contributed by atoms with Gasteiger partial charge in [0, 0.05) is 0 Å². The Labute approximate surface area is 119 Å². The first-order valence-corrected chi connectivity index (χ1v) is 7.18. The van der Waals surface area contributed by atoms with Crippen molar-refractivity contribution in [3.8, 4) is 0 Å². The average Bonchev–Trinajstić information content (AvgIpc) is 2.40.